The summed E-state index contributed by atoms with van der Waals surface area (Å²) >= 11 is 11.9. The molecule has 1 heterocycles. The minimum atomic E-state index is -3.85. The van der Waals surface area contributed by atoms with Gasteiger partial charge in [-0.15, -0.1) is 0 Å². The number of nitrogens with one attached hydrogen (secondary N) is 1. The van der Waals surface area contributed by atoms with Crippen LogP contribution < -0.4 is 10.5 Å². The Morgan fingerprint density at radius 1 is 1.29 bits per heavy atom. The molecule has 0 spiro atoms. The van der Waals surface area contributed by atoms with Crippen LogP contribution in [0.1, 0.15) is 27.7 Å². The van der Waals surface area contributed by atoms with Crippen molar-refractivity contribution >= 4 is 50.0 Å². The number of carbonyl (C=O) groups is 1. The fraction of sp³-hybridized carbons (Fsp3) is 0.444. The van der Waals surface area contributed by atoms with Gasteiger partial charge < -0.3 is 10.5 Å². The molecule has 2 rings (SSSR count). The van der Waals surface area contributed by atoms with Gasteiger partial charge in [-0.3, -0.25) is 4.79 Å². The fourth-order valence-electron chi connectivity index (χ4n) is 2.38. The molecule has 0 fully saturated rings. The summed E-state index contributed by atoms with van der Waals surface area (Å²) in [5, 5.41) is 1.47. The Bertz CT molecular complexity index is 990. The third-order valence-corrected chi connectivity index (χ3v) is 5.83. The molecule has 0 saturated heterocycles. The number of rotatable bonds is 6. The van der Waals surface area contributed by atoms with Crippen molar-refractivity contribution in [2.75, 3.05) is 6.54 Å². The van der Waals surface area contributed by atoms with E-state index in [9.17, 15) is 13.2 Å². The lowest BCUT2D eigenvalue weighted by atomic mass is 10.0. The first-order valence-electron chi connectivity index (χ1n) is 8.54. The Kier molecular flexibility index (Phi) is 6.94. The summed E-state index contributed by atoms with van der Waals surface area (Å²) in [5.74, 6) is -1.06. The Morgan fingerprint density at radius 2 is 1.93 bits per heavy atom. The lowest BCUT2D eigenvalue weighted by Crippen LogP contribution is -2.45. The van der Waals surface area contributed by atoms with Gasteiger partial charge in [0, 0.05) is 11.9 Å². The van der Waals surface area contributed by atoms with Gasteiger partial charge in [0.05, 0.1) is 4.90 Å². The van der Waals surface area contributed by atoms with Crippen LogP contribution in [0, 0.1) is 5.92 Å². The largest absolute Gasteiger partial charge is 0.459 e. The Balaban J connectivity index is 2.13. The molecule has 28 heavy (non-hydrogen) atoms. The second-order valence-corrected chi connectivity index (χ2v) is 10.0. The van der Waals surface area contributed by atoms with Gasteiger partial charge >= 0.3 is 5.97 Å². The molecule has 0 aliphatic carbocycles. The van der Waals surface area contributed by atoms with Gasteiger partial charge in [-0.05, 0) is 50.3 Å². The number of benzene rings is 1. The highest BCUT2D eigenvalue weighted by Crippen LogP contribution is 2.27. The average Bonchev–Trinajstić information content (AvgIpc) is 2.57. The van der Waals surface area contributed by atoms with Gasteiger partial charge in [0.2, 0.25) is 10.0 Å². The van der Waals surface area contributed by atoms with E-state index in [2.05, 4.69) is 9.71 Å². The highest BCUT2D eigenvalue weighted by atomic mass is 35.5. The summed E-state index contributed by atoms with van der Waals surface area (Å²) < 4.78 is 32.9. The third-order valence-electron chi connectivity index (χ3n) is 3.92. The van der Waals surface area contributed by atoms with Gasteiger partial charge in [0.1, 0.15) is 21.9 Å². The van der Waals surface area contributed by atoms with Crippen LogP contribution in [-0.4, -0.2) is 37.6 Å². The molecule has 3 N–H and O–H groups in total. The van der Waals surface area contributed by atoms with Gasteiger partial charge in [-0.1, -0.05) is 36.2 Å². The number of pyridine rings is 1. The molecule has 0 saturated carbocycles. The third kappa shape index (κ3) is 5.78. The van der Waals surface area contributed by atoms with Crippen molar-refractivity contribution in [3.8, 4) is 0 Å². The summed E-state index contributed by atoms with van der Waals surface area (Å²) in [6.45, 7) is 6.83. The lowest BCUT2D eigenvalue weighted by Gasteiger charge is -2.25. The monoisotopic (exact) mass is 447 g/mol. The first kappa shape index (κ1) is 22.8. The quantitative estimate of drug-likeness (QED) is 0.519. The van der Waals surface area contributed by atoms with Crippen LogP contribution in [-0.2, 0) is 19.6 Å². The maximum Gasteiger partial charge on any atom is 0.323 e. The molecule has 1 aromatic carbocycles. The van der Waals surface area contributed by atoms with E-state index in [1.54, 1.807) is 39.8 Å². The number of nitrogens with two attached hydrogens (primary N) is 1. The van der Waals surface area contributed by atoms with E-state index in [0.717, 1.165) is 0 Å². The van der Waals surface area contributed by atoms with Crippen LogP contribution in [0.5, 0.6) is 0 Å². The molecule has 0 amide bonds. The van der Waals surface area contributed by atoms with Crippen LogP contribution in [0.3, 0.4) is 0 Å². The maximum absolute atomic E-state index is 12.6. The number of carbonyl (C=O) groups excluding carboxylic acids is 1. The Labute approximate surface area is 174 Å². The van der Waals surface area contributed by atoms with Crippen molar-refractivity contribution in [2.45, 2.75) is 44.2 Å². The van der Waals surface area contributed by atoms with E-state index in [4.69, 9.17) is 33.7 Å². The van der Waals surface area contributed by atoms with E-state index in [0.29, 0.717) is 10.8 Å². The molecule has 0 bridgehead atoms. The molecule has 0 radical (unpaired) electrons. The Hall–Kier alpha value is -1.45. The van der Waals surface area contributed by atoms with Crippen LogP contribution >= 0.6 is 23.2 Å². The van der Waals surface area contributed by atoms with Gasteiger partial charge in [0.25, 0.3) is 0 Å². The first-order valence-corrected chi connectivity index (χ1v) is 10.8. The zero-order chi connectivity index (χ0) is 21.3. The van der Waals surface area contributed by atoms with Gasteiger partial charge in [-0.25, -0.2) is 18.1 Å². The number of fused-ring (bicyclic) bond motifs is 1. The Morgan fingerprint density at radius 3 is 2.54 bits per heavy atom. The average molecular weight is 448 g/mol. The summed E-state index contributed by atoms with van der Waals surface area (Å²) in [7, 11) is -3.85. The topological polar surface area (TPSA) is 111 Å². The summed E-state index contributed by atoms with van der Waals surface area (Å²) in [4.78, 5) is 16.0. The standard InChI is InChI=1S/C18H23Cl2N3O4S/c1-10(15(21)17(24)27-18(2,3)4)9-22-28(25,26)12-6-5-11-7-14(19)23-16(20)13(11)8-12/h5-8,10,15,22H,9,21H2,1-4H3/t10?,15-/m1/s1. The van der Waals surface area contributed by atoms with E-state index in [-0.39, 0.29) is 21.7 Å². The predicted octanol–water partition coefficient (Wildman–Crippen LogP) is 3.13. The second-order valence-electron chi connectivity index (χ2n) is 7.51. The van der Waals surface area contributed by atoms with Crippen LogP contribution in [0.15, 0.2) is 29.2 Å². The number of esters is 1. The lowest BCUT2D eigenvalue weighted by molar-refractivity contribution is -0.157. The summed E-state index contributed by atoms with van der Waals surface area (Å²) in [5.41, 5.74) is 5.23. The predicted molar refractivity (Wildman–Crippen MR) is 110 cm³/mol. The molecule has 10 heteroatoms. The minimum Gasteiger partial charge on any atom is -0.459 e. The van der Waals surface area contributed by atoms with Crippen LogP contribution in [0.25, 0.3) is 10.8 Å². The summed E-state index contributed by atoms with van der Waals surface area (Å²) in [6, 6.07) is 5.09. The molecule has 154 valence electrons. The number of sulfonamides is 1. The number of hydrogen-bond donors (Lipinski definition) is 2. The zero-order valence-electron chi connectivity index (χ0n) is 16.0. The number of halogens is 2. The van der Waals surface area contributed by atoms with Gasteiger partial charge in [-0.2, -0.15) is 0 Å². The van der Waals surface area contributed by atoms with E-state index in [1.807, 2.05) is 0 Å². The van der Waals surface area contributed by atoms with E-state index in [1.165, 1.54) is 12.1 Å². The molecule has 0 aliphatic heterocycles. The van der Waals surface area contributed by atoms with Crippen LogP contribution in [0.4, 0.5) is 0 Å². The number of hydrogen-bond acceptors (Lipinski definition) is 6. The van der Waals surface area contributed by atoms with Crippen LogP contribution in [0.2, 0.25) is 10.3 Å². The highest BCUT2D eigenvalue weighted by molar-refractivity contribution is 7.89. The molecule has 2 atom stereocenters. The van der Waals surface area contributed by atoms with Crippen molar-refractivity contribution in [3.05, 3.63) is 34.6 Å². The molecule has 1 unspecified atom stereocenters. The number of ether oxygens (including phenoxy) is 1. The van der Waals surface area contributed by atoms with Crippen molar-refractivity contribution in [3.63, 3.8) is 0 Å². The molecular formula is C18H23Cl2N3O4S. The second kappa shape index (κ2) is 8.51. The zero-order valence-corrected chi connectivity index (χ0v) is 18.3. The SMILES string of the molecule is CC(CNS(=O)(=O)c1ccc2cc(Cl)nc(Cl)c2c1)[C@@H](N)C(=O)OC(C)(C)C. The number of aromatic nitrogens is 1. The molecular weight excluding hydrogens is 425 g/mol. The van der Waals surface area contributed by atoms with E-state index < -0.39 is 33.6 Å². The van der Waals surface area contributed by atoms with E-state index >= 15 is 0 Å². The normalized spacial score (nSPS) is 14.7. The van der Waals surface area contributed by atoms with Crippen molar-refractivity contribution < 1.29 is 17.9 Å². The molecule has 2 aromatic rings. The minimum absolute atomic E-state index is 0.0176. The van der Waals surface area contributed by atoms with Crippen molar-refractivity contribution in [1.82, 2.24) is 9.71 Å². The first-order chi connectivity index (χ1) is 12.8. The molecule has 0 aliphatic rings. The molecule has 7 nitrogen and oxygen atoms in total. The van der Waals surface area contributed by atoms with Crippen molar-refractivity contribution in [1.29, 1.82) is 0 Å². The van der Waals surface area contributed by atoms with Crippen molar-refractivity contribution in [2.24, 2.45) is 11.7 Å². The van der Waals surface area contributed by atoms with Gasteiger partial charge in [0.15, 0.2) is 0 Å². The maximum atomic E-state index is 12.6. The number of nitrogens with zero attached hydrogens (tertiary/aromatic N) is 1. The summed E-state index contributed by atoms with van der Waals surface area (Å²) in [6.07, 6.45) is 0. The molecule has 1 aromatic heterocycles. The smallest absolute Gasteiger partial charge is 0.323 e. The fourth-order valence-corrected chi connectivity index (χ4v) is 4.04. The highest BCUT2D eigenvalue weighted by Gasteiger charge is 2.27.